The number of carbonyl (C=O) groups is 3. The van der Waals surface area contributed by atoms with E-state index >= 15 is 0 Å². The molecule has 0 bridgehead atoms. The lowest BCUT2D eigenvalue weighted by Gasteiger charge is -2.09. The first-order chi connectivity index (χ1) is 18.0. The monoisotopic (exact) mass is 573 g/mol. The summed E-state index contributed by atoms with van der Waals surface area (Å²) in [4.78, 5) is 38.7. The molecule has 184 valence electrons. The molecule has 0 radical (unpaired) electrons. The molecule has 0 unspecified atom stereocenters. The molecule has 0 spiro atoms. The van der Waals surface area contributed by atoms with Gasteiger partial charge in [0.25, 0.3) is 11.8 Å². The summed E-state index contributed by atoms with van der Waals surface area (Å²) >= 11 is 4.76. The zero-order chi connectivity index (χ0) is 26.0. The van der Waals surface area contributed by atoms with E-state index < -0.39 is 17.8 Å². The molecule has 7 nitrogen and oxygen atoms in total. The maximum atomic E-state index is 12.8. The number of carbonyl (C=O) groups excluding carboxylic acids is 3. The molecule has 2 N–H and O–H groups in total. The highest BCUT2D eigenvalue weighted by Gasteiger charge is 2.14. The minimum Gasteiger partial charge on any atom is -0.423 e. The number of thiophene rings is 1. The third kappa shape index (κ3) is 7.57. The van der Waals surface area contributed by atoms with Crippen molar-refractivity contribution in [3.63, 3.8) is 0 Å². The predicted molar refractivity (Wildman–Crippen MR) is 147 cm³/mol. The highest BCUT2D eigenvalue weighted by atomic mass is 79.9. The van der Waals surface area contributed by atoms with E-state index in [1.807, 2.05) is 23.6 Å². The van der Waals surface area contributed by atoms with Crippen molar-refractivity contribution in [3.8, 4) is 5.75 Å². The van der Waals surface area contributed by atoms with Gasteiger partial charge in [-0.2, -0.15) is 5.10 Å². The minimum absolute atomic E-state index is 0.0464. The molecule has 37 heavy (non-hydrogen) atoms. The molecule has 4 rings (SSSR count). The lowest BCUT2D eigenvalue weighted by Crippen LogP contribution is -2.32. The highest BCUT2D eigenvalue weighted by Crippen LogP contribution is 2.17. The number of esters is 1. The van der Waals surface area contributed by atoms with Crippen LogP contribution in [0.5, 0.6) is 5.75 Å². The summed E-state index contributed by atoms with van der Waals surface area (Å²) in [5, 5.41) is 8.52. The lowest BCUT2D eigenvalue weighted by atomic mass is 10.2. The lowest BCUT2D eigenvalue weighted by molar-refractivity contribution is -0.117. The standard InChI is InChI=1S/C28H20BrN3O4S/c29-22-11-5-10-21(16-22)28(35)36-23-12-4-7-19(15-23)18-30-32-27(34)25(17-24-13-6-14-37-24)31-26(33)20-8-2-1-3-9-20/h1-18H,(H,31,33)(H,32,34). The number of hydrogen-bond donors (Lipinski definition) is 2. The average molecular weight is 574 g/mol. The number of nitrogens with one attached hydrogen (secondary N) is 2. The summed E-state index contributed by atoms with van der Waals surface area (Å²) in [5.41, 5.74) is 3.90. The van der Waals surface area contributed by atoms with E-state index in [0.717, 1.165) is 9.35 Å². The van der Waals surface area contributed by atoms with Gasteiger partial charge in [0.05, 0.1) is 11.8 Å². The van der Waals surface area contributed by atoms with Gasteiger partial charge in [-0.15, -0.1) is 11.3 Å². The summed E-state index contributed by atoms with van der Waals surface area (Å²) in [5.74, 6) is -1.18. The van der Waals surface area contributed by atoms with Crippen LogP contribution < -0.4 is 15.5 Å². The van der Waals surface area contributed by atoms with E-state index in [2.05, 4.69) is 31.8 Å². The fourth-order valence-electron chi connectivity index (χ4n) is 3.12. The molecule has 0 atom stereocenters. The first-order valence-corrected chi connectivity index (χ1v) is 12.7. The Balaban J connectivity index is 1.43. The normalized spacial score (nSPS) is 11.2. The molecule has 9 heteroatoms. The fraction of sp³-hybridized carbons (Fsp3) is 0. The second-order valence-electron chi connectivity index (χ2n) is 7.57. The summed E-state index contributed by atoms with van der Waals surface area (Å²) in [6, 6.07) is 25.9. The Morgan fingerprint density at radius 1 is 0.865 bits per heavy atom. The second kappa shape index (κ2) is 12.6. The summed E-state index contributed by atoms with van der Waals surface area (Å²) in [6.07, 6.45) is 2.99. The molecule has 0 aliphatic rings. The molecule has 0 saturated heterocycles. The van der Waals surface area contributed by atoms with Crippen LogP contribution in [-0.4, -0.2) is 24.0 Å². The van der Waals surface area contributed by atoms with E-state index in [-0.39, 0.29) is 5.70 Å². The van der Waals surface area contributed by atoms with E-state index in [1.54, 1.807) is 78.9 Å². The molecule has 4 aromatic rings. The molecule has 0 aliphatic heterocycles. The number of nitrogens with zero attached hydrogens (tertiary/aromatic N) is 1. The van der Waals surface area contributed by atoms with Crippen LogP contribution in [0.3, 0.4) is 0 Å². The minimum atomic E-state index is -0.592. The van der Waals surface area contributed by atoms with Crippen molar-refractivity contribution in [2.24, 2.45) is 5.10 Å². The first kappa shape index (κ1) is 25.7. The van der Waals surface area contributed by atoms with Crippen LogP contribution in [0.4, 0.5) is 0 Å². The molecule has 0 aliphatic carbocycles. The van der Waals surface area contributed by atoms with E-state index in [9.17, 15) is 14.4 Å². The number of hydrogen-bond acceptors (Lipinski definition) is 6. The van der Waals surface area contributed by atoms with Gasteiger partial charge >= 0.3 is 5.97 Å². The number of rotatable bonds is 8. The summed E-state index contributed by atoms with van der Waals surface area (Å²) < 4.78 is 6.21. The fourth-order valence-corrected chi connectivity index (χ4v) is 4.18. The third-order valence-electron chi connectivity index (χ3n) is 4.87. The van der Waals surface area contributed by atoms with E-state index in [1.165, 1.54) is 17.6 Å². The van der Waals surface area contributed by atoms with E-state index in [4.69, 9.17) is 4.74 Å². The Labute approximate surface area is 225 Å². The third-order valence-corrected chi connectivity index (χ3v) is 6.18. The van der Waals surface area contributed by atoms with E-state index in [0.29, 0.717) is 22.4 Å². The van der Waals surface area contributed by atoms with Crippen molar-refractivity contribution < 1.29 is 19.1 Å². The molecule has 3 aromatic carbocycles. The van der Waals surface area contributed by atoms with Gasteiger partial charge in [-0.3, -0.25) is 9.59 Å². The smallest absolute Gasteiger partial charge is 0.343 e. The first-order valence-electron chi connectivity index (χ1n) is 11.0. The van der Waals surface area contributed by atoms with Gasteiger partial charge in [-0.05, 0) is 65.6 Å². The summed E-state index contributed by atoms with van der Waals surface area (Å²) in [6.45, 7) is 0. The molecule has 2 amide bonds. The Bertz CT molecular complexity index is 1470. The van der Waals surface area contributed by atoms with Crippen molar-refractivity contribution in [2.45, 2.75) is 0 Å². The van der Waals surface area contributed by atoms with Gasteiger partial charge in [0.1, 0.15) is 11.4 Å². The van der Waals surface area contributed by atoms with Crippen LogP contribution in [0.15, 0.2) is 112 Å². The molecular formula is C28H20BrN3O4S. The summed E-state index contributed by atoms with van der Waals surface area (Å²) in [7, 11) is 0. The van der Waals surface area contributed by atoms with Crippen molar-refractivity contribution >= 4 is 57.3 Å². The zero-order valence-corrected chi connectivity index (χ0v) is 21.7. The van der Waals surface area contributed by atoms with Gasteiger partial charge in [0.2, 0.25) is 0 Å². The number of amides is 2. The number of hydrazone groups is 1. The molecular weight excluding hydrogens is 554 g/mol. The largest absolute Gasteiger partial charge is 0.423 e. The Morgan fingerprint density at radius 2 is 1.65 bits per heavy atom. The highest BCUT2D eigenvalue weighted by molar-refractivity contribution is 9.10. The quantitative estimate of drug-likeness (QED) is 0.0935. The van der Waals surface area contributed by atoms with Crippen LogP contribution >= 0.6 is 27.3 Å². The number of benzene rings is 3. The average Bonchev–Trinajstić information content (AvgIpc) is 3.42. The van der Waals surface area contributed by atoms with Gasteiger partial charge in [-0.1, -0.05) is 58.4 Å². The Hall–Kier alpha value is -4.34. The van der Waals surface area contributed by atoms with Gasteiger partial charge in [0, 0.05) is 14.9 Å². The van der Waals surface area contributed by atoms with Gasteiger partial charge in [-0.25, -0.2) is 10.2 Å². The Morgan fingerprint density at radius 3 is 2.41 bits per heavy atom. The van der Waals surface area contributed by atoms with Crippen LogP contribution in [0, 0.1) is 0 Å². The maximum Gasteiger partial charge on any atom is 0.343 e. The van der Waals surface area contributed by atoms with Crippen molar-refractivity contribution in [2.75, 3.05) is 0 Å². The number of ether oxygens (including phenoxy) is 1. The molecule has 0 saturated carbocycles. The zero-order valence-electron chi connectivity index (χ0n) is 19.3. The second-order valence-corrected chi connectivity index (χ2v) is 9.46. The molecule has 1 aromatic heterocycles. The predicted octanol–water partition coefficient (Wildman–Crippen LogP) is 5.65. The molecule has 1 heterocycles. The van der Waals surface area contributed by atoms with Crippen LogP contribution in [0.2, 0.25) is 0 Å². The number of halogens is 1. The van der Waals surface area contributed by atoms with Crippen molar-refractivity contribution in [1.82, 2.24) is 10.7 Å². The SMILES string of the molecule is O=C(NN=Cc1cccc(OC(=O)c2cccc(Br)c2)c1)C(=Cc1cccs1)NC(=O)c1ccccc1. The van der Waals surface area contributed by atoms with Gasteiger partial charge < -0.3 is 10.1 Å². The Kier molecular flexibility index (Phi) is 8.75. The molecule has 0 fully saturated rings. The van der Waals surface area contributed by atoms with Crippen LogP contribution in [0.25, 0.3) is 6.08 Å². The van der Waals surface area contributed by atoms with Crippen molar-refractivity contribution in [3.05, 3.63) is 128 Å². The van der Waals surface area contributed by atoms with Crippen LogP contribution in [0.1, 0.15) is 31.2 Å². The van der Waals surface area contributed by atoms with Crippen molar-refractivity contribution in [1.29, 1.82) is 0 Å². The van der Waals surface area contributed by atoms with Crippen LogP contribution in [-0.2, 0) is 4.79 Å². The van der Waals surface area contributed by atoms with Gasteiger partial charge in [0.15, 0.2) is 0 Å². The maximum absolute atomic E-state index is 12.8. The topological polar surface area (TPSA) is 96.9 Å².